The Bertz CT molecular complexity index is 620. The molecule has 1 aromatic carbocycles. The molecule has 0 atom stereocenters. The van der Waals surface area contributed by atoms with Crippen LogP contribution in [0.15, 0.2) is 24.3 Å². The minimum atomic E-state index is -0.352. The van der Waals surface area contributed by atoms with Crippen LogP contribution < -0.4 is 10.1 Å². The van der Waals surface area contributed by atoms with Crippen LogP contribution in [0.5, 0.6) is 5.75 Å². The molecule has 7 heteroatoms. The van der Waals surface area contributed by atoms with Crippen molar-refractivity contribution in [1.82, 2.24) is 10.2 Å². The van der Waals surface area contributed by atoms with E-state index in [2.05, 4.69) is 15.5 Å². The third-order valence-corrected chi connectivity index (χ3v) is 3.76. The average molecular weight is 309 g/mol. The van der Waals surface area contributed by atoms with Crippen molar-refractivity contribution in [2.45, 2.75) is 26.2 Å². The lowest BCUT2D eigenvalue weighted by Gasteiger charge is -2.12. The van der Waals surface area contributed by atoms with E-state index in [0.717, 1.165) is 5.01 Å². The van der Waals surface area contributed by atoms with E-state index >= 15 is 0 Å². The predicted molar refractivity (Wildman–Crippen MR) is 79.1 cm³/mol. The van der Waals surface area contributed by atoms with Crippen LogP contribution in [0.2, 0.25) is 0 Å². The molecule has 0 aliphatic rings. The number of nitrogens with zero attached hydrogens (tertiary/aromatic N) is 2. The van der Waals surface area contributed by atoms with E-state index in [-0.39, 0.29) is 23.7 Å². The van der Waals surface area contributed by atoms with Gasteiger partial charge >= 0.3 is 0 Å². The minimum absolute atomic E-state index is 0.106. The van der Waals surface area contributed by atoms with Gasteiger partial charge in [-0.1, -0.05) is 32.1 Å². The molecular formula is C14H16FN3O2S. The van der Waals surface area contributed by atoms with Gasteiger partial charge in [0.05, 0.1) is 0 Å². The highest BCUT2D eigenvalue weighted by Crippen LogP contribution is 2.27. The summed E-state index contributed by atoms with van der Waals surface area (Å²) in [5.41, 5.74) is -0.106. The van der Waals surface area contributed by atoms with Crippen LogP contribution >= 0.6 is 11.3 Å². The Morgan fingerprint density at radius 3 is 2.52 bits per heavy atom. The lowest BCUT2D eigenvalue weighted by Crippen LogP contribution is -2.20. The van der Waals surface area contributed by atoms with E-state index in [4.69, 9.17) is 4.74 Å². The van der Waals surface area contributed by atoms with Gasteiger partial charge in [0.15, 0.2) is 6.61 Å². The van der Waals surface area contributed by atoms with Crippen LogP contribution in [0.1, 0.15) is 25.8 Å². The van der Waals surface area contributed by atoms with Crippen molar-refractivity contribution in [3.8, 4) is 5.75 Å². The topological polar surface area (TPSA) is 64.1 Å². The van der Waals surface area contributed by atoms with Gasteiger partial charge in [-0.3, -0.25) is 10.1 Å². The molecule has 0 unspecified atom stereocenters. The first-order chi connectivity index (χ1) is 9.84. The summed E-state index contributed by atoms with van der Waals surface area (Å²) in [5, 5.41) is 11.9. The molecule has 1 amide bonds. The number of anilines is 1. The second kappa shape index (κ2) is 6.17. The number of aromatic nitrogens is 2. The maximum absolute atomic E-state index is 12.7. The van der Waals surface area contributed by atoms with Crippen molar-refractivity contribution < 1.29 is 13.9 Å². The van der Waals surface area contributed by atoms with Crippen LogP contribution in [0.3, 0.4) is 0 Å². The van der Waals surface area contributed by atoms with Gasteiger partial charge in [0.2, 0.25) is 5.13 Å². The Morgan fingerprint density at radius 2 is 1.95 bits per heavy atom. The van der Waals surface area contributed by atoms with Gasteiger partial charge in [0.1, 0.15) is 16.6 Å². The SMILES string of the molecule is CC(C)(C)c1nnc(NC(=O)COc2ccc(F)cc2)s1. The summed E-state index contributed by atoms with van der Waals surface area (Å²) in [6.45, 7) is 5.90. The molecule has 0 radical (unpaired) electrons. The molecular weight excluding hydrogens is 293 g/mol. The van der Waals surface area contributed by atoms with Crippen LogP contribution in [0.4, 0.5) is 9.52 Å². The van der Waals surface area contributed by atoms with Gasteiger partial charge in [-0.25, -0.2) is 4.39 Å². The number of halogens is 1. The Labute approximate surface area is 126 Å². The van der Waals surface area contributed by atoms with E-state index in [9.17, 15) is 9.18 Å². The van der Waals surface area contributed by atoms with Crippen molar-refractivity contribution in [2.24, 2.45) is 0 Å². The van der Waals surface area contributed by atoms with Crippen molar-refractivity contribution >= 4 is 22.4 Å². The number of rotatable bonds is 4. The molecule has 0 saturated heterocycles. The summed E-state index contributed by atoms with van der Waals surface area (Å²) in [7, 11) is 0. The molecule has 5 nitrogen and oxygen atoms in total. The first-order valence-electron chi connectivity index (χ1n) is 6.37. The summed E-state index contributed by atoms with van der Waals surface area (Å²) < 4.78 is 18.0. The number of hydrogen-bond acceptors (Lipinski definition) is 5. The van der Waals surface area contributed by atoms with Gasteiger partial charge in [0, 0.05) is 5.41 Å². The van der Waals surface area contributed by atoms with Crippen LogP contribution in [-0.4, -0.2) is 22.7 Å². The first kappa shape index (κ1) is 15.4. The zero-order valence-corrected chi connectivity index (χ0v) is 12.8. The van der Waals surface area contributed by atoms with Crippen LogP contribution in [0, 0.1) is 5.82 Å². The maximum atomic E-state index is 12.7. The fourth-order valence-electron chi connectivity index (χ4n) is 1.41. The molecule has 0 aliphatic heterocycles. The van der Waals surface area contributed by atoms with E-state index < -0.39 is 0 Å². The molecule has 2 rings (SSSR count). The van der Waals surface area contributed by atoms with Crippen molar-refractivity contribution in [3.05, 3.63) is 35.1 Å². The molecule has 0 saturated carbocycles. The van der Waals surface area contributed by atoms with Gasteiger partial charge in [0.25, 0.3) is 5.91 Å². The lowest BCUT2D eigenvalue weighted by molar-refractivity contribution is -0.118. The standard InChI is InChI=1S/C14H16FN3O2S/c1-14(2,3)12-17-18-13(21-12)16-11(19)8-20-10-6-4-9(15)5-7-10/h4-7H,8H2,1-3H3,(H,16,18,19). The molecule has 0 bridgehead atoms. The number of carbonyl (C=O) groups is 1. The van der Waals surface area contributed by atoms with E-state index in [1.54, 1.807) is 0 Å². The summed E-state index contributed by atoms with van der Waals surface area (Å²) in [5.74, 6) is -0.259. The third kappa shape index (κ3) is 4.49. The number of carbonyl (C=O) groups excluding carboxylic acids is 1. The zero-order chi connectivity index (χ0) is 15.5. The fraction of sp³-hybridized carbons (Fsp3) is 0.357. The highest BCUT2D eigenvalue weighted by molar-refractivity contribution is 7.15. The zero-order valence-electron chi connectivity index (χ0n) is 12.0. The van der Waals surface area contributed by atoms with E-state index in [0.29, 0.717) is 10.9 Å². The monoisotopic (exact) mass is 309 g/mol. The highest BCUT2D eigenvalue weighted by atomic mass is 32.1. The Balaban J connectivity index is 1.87. The summed E-state index contributed by atoms with van der Waals surface area (Å²) >= 11 is 1.33. The van der Waals surface area contributed by atoms with Crippen molar-refractivity contribution in [3.63, 3.8) is 0 Å². The molecule has 2 aromatic rings. The smallest absolute Gasteiger partial charge is 0.264 e. The maximum Gasteiger partial charge on any atom is 0.264 e. The third-order valence-electron chi connectivity index (χ3n) is 2.50. The number of amides is 1. The van der Waals surface area contributed by atoms with Crippen molar-refractivity contribution in [1.29, 1.82) is 0 Å². The normalized spacial score (nSPS) is 11.2. The quantitative estimate of drug-likeness (QED) is 0.943. The number of nitrogens with one attached hydrogen (secondary N) is 1. The molecule has 0 aliphatic carbocycles. The molecule has 0 fully saturated rings. The summed E-state index contributed by atoms with van der Waals surface area (Å²) in [4.78, 5) is 11.7. The second-order valence-corrected chi connectivity index (χ2v) is 6.43. The Morgan fingerprint density at radius 1 is 1.29 bits per heavy atom. The van der Waals surface area contributed by atoms with Gasteiger partial charge in [-0.2, -0.15) is 0 Å². The summed E-state index contributed by atoms with van der Waals surface area (Å²) in [6, 6.07) is 5.47. The van der Waals surface area contributed by atoms with Crippen LogP contribution in [-0.2, 0) is 10.2 Å². The first-order valence-corrected chi connectivity index (χ1v) is 7.18. The number of hydrogen-bond donors (Lipinski definition) is 1. The highest BCUT2D eigenvalue weighted by Gasteiger charge is 2.20. The Kier molecular flexibility index (Phi) is 4.52. The summed E-state index contributed by atoms with van der Waals surface area (Å²) in [6.07, 6.45) is 0. The molecule has 1 aromatic heterocycles. The molecule has 1 N–H and O–H groups in total. The second-order valence-electron chi connectivity index (χ2n) is 5.45. The van der Waals surface area contributed by atoms with E-state index in [1.165, 1.54) is 35.6 Å². The largest absolute Gasteiger partial charge is 0.484 e. The number of ether oxygens (including phenoxy) is 1. The predicted octanol–water partition coefficient (Wildman–Crippen LogP) is 2.99. The minimum Gasteiger partial charge on any atom is -0.484 e. The van der Waals surface area contributed by atoms with Crippen LogP contribution in [0.25, 0.3) is 0 Å². The molecule has 0 spiro atoms. The Hall–Kier alpha value is -2.02. The van der Waals surface area contributed by atoms with Gasteiger partial charge < -0.3 is 4.74 Å². The number of benzene rings is 1. The van der Waals surface area contributed by atoms with Gasteiger partial charge in [-0.15, -0.1) is 10.2 Å². The van der Waals surface area contributed by atoms with E-state index in [1.807, 2.05) is 20.8 Å². The average Bonchev–Trinajstić information content (AvgIpc) is 2.86. The van der Waals surface area contributed by atoms with Gasteiger partial charge in [-0.05, 0) is 24.3 Å². The van der Waals surface area contributed by atoms with Crippen molar-refractivity contribution in [2.75, 3.05) is 11.9 Å². The fourth-order valence-corrected chi connectivity index (χ4v) is 2.23. The lowest BCUT2D eigenvalue weighted by atomic mass is 9.98. The molecule has 21 heavy (non-hydrogen) atoms. The molecule has 112 valence electrons. The molecule has 1 heterocycles.